The van der Waals surface area contributed by atoms with Gasteiger partial charge in [0.15, 0.2) is 5.65 Å². The van der Waals surface area contributed by atoms with Gasteiger partial charge in [0.05, 0.1) is 13.2 Å². The minimum absolute atomic E-state index is 0.0879. The summed E-state index contributed by atoms with van der Waals surface area (Å²) in [4.78, 5) is 12.5. The second kappa shape index (κ2) is 7.86. The maximum atomic E-state index is 12.5. The van der Waals surface area contributed by atoms with Crippen LogP contribution in [0.5, 0.6) is 0 Å². The highest BCUT2D eigenvalue weighted by atomic mass is 35.5. The van der Waals surface area contributed by atoms with Crippen LogP contribution in [0.25, 0.3) is 5.65 Å². The van der Waals surface area contributed by atoms with Gasteiger partial charge in [-0.05, 0) is 35.4 Å². The number of pyridine rings is 1. The first-order chi connectivity index (χ1) is 13.9. The Hall–Kier alpha value is -2.27. The molecule has 29 heavy (non-hydrogen) atoms. The van der Waals surface area contributed by atoms with Crippen molar-refractivity contribution in [3.63, 3.8) is 0 Å². The van der Waals surface area contributed by atoms with Gasteiger partial charge < -0.3 is 25.2 Å². The van der Waals surface area contributed by atoms with E-state index in [1.807, 2.05) is 0 Å². The zero-order valence-corrected chi connectivity index (χ0v) is 15.9. The van der Waals surface area contributed by atoms with Crippen LogP contribution in [0.2, 0.25) is 5.02 Å². The van der Waals surface area contributed by atoms with Crippen molar-refractivity contribution in [1.82, 2.24) is 14.2 Å². The van der Waals surface area contributed by atoms with E-state index in [9.17, 15) is 25.2 Å². The molecule has 0 unspecified atom stereocenters. The number of benzene rings is 1. The van der Waals surface area contributed by atoms with Crippen molar-refractivity contribution in [3.05, 3.63) is 69.2 Å². The molecule has 1 saturated heterocycles. The van der Waals surface area contributed by atoms with E-state index in [-0.39, 0.29) is 12.2 Å². The fourth-order valence-electron chi connectivity index (χ4n) is 3.50. The number of ether oxygens (including phenoxy) is 1. The van der Waals surface area contributed by atoms with Gasteiger partial charge in [0.1, 0.15) is 30.5 Å². The van der Waals surface area contributed by atoms with Crippen LogP contribution in [-0.4, -0.2) is 65.6 Å². The second-order valence-corrected chi connectivity index (χ2v) is 7.38. The van der Waals surface area contributed by atoms with Crippen molar-refractivity contribution < 1.29 is 25.2 Å². The van der Waals surface area contributed by atoms with Gasteiger partial charge >= 0.3 is 5.69 Å². The predicted octanol–water partition coefficient (Wildman–Crippen LogP) is -0.287. The van der Waals surface area contributed by atoms with Crippen LogP contribution >= 0.6 is 11.6 Å². The van der Waals surface area contributed by atoms with Gasteiger partial charge in [0.2, 0.25) is 0 Å². The Morgan fingerprint density at radius 1 is 1.10 bits per heavy atom. The number of aliphatic hydroxyl groups excluding tert-OH is 4. The van der Waals surface area contributed by atoms with E-state index in [1.54, 1.807) is 42.6 Å². The number of aromatic nitrogens is 3. The van der Waals surface area contributed by atoms with Gasteiger partial charge in [-0.2, -0.15) is 0 Å². The molecule has 1 aromatic carbocycles. The molecule has 0 spiro atoms. The van der Waals surface area contributed by atoms with E-state index < -0.39 is 37.1 Å². The van der Waals surface area contributed by atoms with Gasteiger partial charge in [-0.15, -0.1) is 5.10 Å². The lowest BCUT2D eigenvalue weighted by molar-refractivity contribution is -0.231. The first-order valence-corrected chi connectivity index (χ1v) is 9.41. The van der Waals surface area contributed by atoms with Crippen LogP contribution in [0, 0.1) is 0 Å². The number of aliphatic hydroxyl groups is 4. The SMILES string of the molecule is O=c1n(Cc2cc([C@@H]3O[C@H](CO)[C@@H](O)[C@H](O)[C@@H]3O)ccc2Cl)nc2ccccn12. The topological polar surface area (TPSA) is 129 Å². The lowest BCUT2D eigenvalue weighted by Gasteiger charge is -2.40. The highest BCUT2D eigenvalue weighted by molar-refractivity contribution is 6.31. The molecule has 9 nitrogen and oxygen atoms in total. The summed E-state index contributed by atoms with van der Waals surface area (Å²) < 4.78 is 8.28. The van der Waals surface area contributed by atoms with Gasteiger partial charge in [-0.1, -0.05) is 23.7 Å². The molecule has 0 saturated carbocycles. The minimum Gasteiger partial charge on any atom is -0.394 e. The second-order valence-electron chi connectivity index (χ2n) is 6.97. The summed E-state index contributed by atoms with van der Waals surface area (Å²) in [5, 5.41) is 44.4. The number of fused-ring (bicyclic) bond motifs is 1. The molecule has 5 atom stereocenters. The van der Waals surface area contributed by atoms with E-state index in [2.05, 4.69) is 5.10 Å². The fourth-order valence-corrected chi connectivity index (χ4v) is 3.68. The molecule has 4 rings (SSSR count). The largest absolute Gasteiger partial charge is 0.394 e. The van der Waals surface area contributed by atoms with Gasteiger partial charge in [-0.3, -0.25) is 4.40 Å². The summed E-state index contributed by atoms with van der Waals surface area (Å²) in [6.45, 7) is -0.427. The maximum absolute atomic E-state index is 12.5. The van der Waals surface area contributed by atoms with Crippen LogP contribution in [0.1, 0.15) is 17.2 Å². The Balaban J connectivity index is 1.67. The summed E-state index contributed by atoms with van der Waals surface area (Å²) in [6, 6.07) is 10.1. The Morgan fingerprint density at radius 3 is 2.62 bits per heavy atom. The van der Waals surface area contributed by atoms with Crippen LogP contribution in [0.3, 0.4) is 0 Å². The molecule has 10 heteroatoms. The van der Waals surface area contributed by atoms with E-state index in [4.69, 9.17) is 16.3 Å². The van der Waals surface area contributed by atoms with Crippen molar-refractivity contribution in [2.75, 3.05) is 6.61 Å². The standard InChI is InChI=1S/C19H20ClN3O6/c20-12-5-4-10(18-17(27)16(26)15(25)13(9-24)29-18)7-11(12)8-23-19(28)22-6-2-1-3-14(22)21-23/h1-7,13,15-18,24-27H,8-9H2/t13-,15-,16+,17+,18+/m1/s1. The summed E-state index contributed by atoms with van der Waals surface area (Å²) in [6.07, 6.45) is -4.70. The smallest absolute Gasteiger partial charge is 0.350 e. The molecule has 0 amide bonds. The molecule has 3 heterocycles. The van der Waals surface area contributed by atoms with Crippen molar-refractivity contribution in [3.8, 4) is 0 Å². The van der Waals surface area contributed by atoms with Crippen LogP contribution < -0.4 is 5.69 Å². The summed E-state index contributed by atoms with van der Waals surface area (Å²) in [5.41, 5.74) is 1.22. The van der Waals surface area contributed by atoms with Crippen LogP contribution in [0.4, 0.5) is 0 Å². The van der Waals surface area contributed by atoms with E-state index >= 15 is 0 Å². The highest BCUT2D eigenvalue weighted by Crippen LogP contribution is 2.34. The Bertz CT molecular complexity index is 1080. The quantitative estimate of drug-likeness (QED) is 0.455. The summed E-state index contributed by atoms with van der Waals surface area (Å²) >= 11 is 6.30. The average molecular weight is 422 g/mol. The minimum atomic E-state index is -1.48. The predicted molar refractivity (Wildman–Crippen MR) is 103 cm³/mol. The Morgan fingerprint density at radius 2 is 1.90 bits per heavy atom. The lowest BCUT2D eigenvalue weighted by atomic mass is 9.90. The third-order valence-corrected chi connectivity index (χ3v) is 5.47. The number of hydrogen-bond donors (Lipinski definition) is 4. The van der Waals surface area contributed by atoms with Crippen molar-refractivity contribution in [1.29, 1.82) is 0 Å². The lowest BCUT2D eigenvalue weighted by Crippen LogP contribution is -2.55. The Labute approximate surface area is 170 Å². The number of hydrogen-bond acceptors (Lipinski definition) is 7. The molecule has 1 fully saturated rings. The normalized spacial score (nSPS) is 27.4. The third kappa shape index (κ3) is 3.57. The van der Waals surface area contributed by atoms with Gasteiger partial charge in [0, 0.05) is 11.2 Å². The molecule has 0 radical (unpaired) electrons. The van der Waals surface area contributed by atoms with Crippen molar-refractivity contribution >= 4 is 17.2 Å². The molecule has 0 aliphatic carbocycles. The monoisotopic (exact) mass is 421 g/mol. The van der Waals surface area contributed by atoms with Crippen molar-refractivity contribution in [2.24, 2.45) is 0 Å². The molecular formula is C19H20ClN3O6. The summed E-state index contributed by atoms with van der Waals surface area (Å²) in [7, 11) is 0. The maximum Gasteiger partial charge on any atom is 0.350 e. The van der Waals surface area contributed by atoms with E-state index in [0.717, 1.165) is 0 Å². The van der Waals surface area contributed by atoms with Crippen LogP contribution in [0.15, 0.2) is 47.4 Å². The average Bonchev–Trinajstić information content (AvgIpc) is 3.04. The molecule has 4 N–H and O–H groups in total. The highest BCUT2D eigenvalue weighted by Gasteiger charge is 2.44. The zero-order chi connectivity index (χ0) is 20.7. The van der Waals surface area contributed by atoms with Gasteiger partial charge in [0.25, 0.3) is 0 Å². The third-order valence-electron chi connectivity index (χ3n) is 5.10. The molecule has 3 aromatic rings. The molecule has 1 aliphatic rings. The first kappa shape index (κ1) is 20.0. The number of nitrogens with zero attached hydrogens (tertiary/aromatic N) is 3. The number of rotatable bonds is 4. The molecular weight excluding hydrogens is 402 g/mol. The van der Waals surface area contributed by atoms with Gasteiger partial charge in [-0.25, -0.2) is 9.48 Å². The first-order valence-electron chi connectivity index (χ1n) is 9.03. The zero-order valence-electron chi connectivity index (χ0n) is 15.2. The van der Waals surface area contributed by atoms with Crippen LogP contribution in [-0.2, 0) is 11.3 Å². The fraction of sp³-hybridized carbons (Fsp3) is 0.368. The molecule has 1 aliphatic heterocycles. The number of halogens is 1. The Kier molecular flexibility index (Phi) is 5.43. The van der Waals surface area contributed by atoms with Crippen molar-refractivity contribution in [2.45, 2.75) is 37.1 Å². The van der Waals surface area contributed by atoms with E-state index in [0.29, 0.717) is 21.8 Å². The van der Waals surface area contributed by atoms with E-state index in [1.165, 1.54) is 9.08 Å². The summed E-state index contributed by atoms with van der Waals surface area (Å²) in [5.74, 6) is 0. The molecule has 0 bridgehead atoms. The molecule has 154 valence electrons. The molecule has 2 aromatic heterocycles.